The number of hydrogen-bond acceptors (Lipinski definition) is 3. The second kappa shape index (κ2) is 2.65. The summed E-state index contributed by atoms with van der Waals surface area (Å²) in [4.78, 5) is 0. The number of aryl methyl sites for hydroxylation is 1. The van der Waals surface area contributed by atoms with E-state index in [-0.39, 0.29) is 5.88 Å². The maximum Gasteiger partial charge on any atom is 0.228 e. The van der Waals surface area contributed by atoms with Crippen molar-refractivity contribution < 1.29 is 9.94 Å². The maximum atomic E-state index is 9.12. The second-order valence-corrected chi connectivity index (χ2v) is 2.26. The number of hydrogen-bond donors (Lipinski definition) is 2. The van der Waals surface area contributed by atoms with Crippen molar-refractivity contribution in [2.24, 2.45) is 0 Å². The smallest absolute Gasteiger partial charge is 0.228 e. The lowest BCUT2D eigenvalue weighted by molar-refractivity contribution is 0.148. The molecule has 0 amide bonds. The summed E-state index contributed by atoms with van der Waals surface area (Å²) < 4.78 is 5.63. The van der Waals surface area contributed by atoms with E-state index in [0.29, 0.717) is 10.9 Å². The minimum Gasteiger partial charge on any atom is -0.480 e. The summed E-state index contributed by atoms with van der Waals surface area (Å²) in [6, 6.07) is 1.45. The van der Waals surface area contributed by atoms with Crippen LogP contribution in [-0.4, -0.2) is 17.0 Å². The van der Waals surface area contributed by atoms with Crippen molar-refractivity contribution in [2.45, 2.75) is 6.92 Å². The fraction of sp³-hybridized carbons (Fsp3) is 0.286. The molecule has 1 heterocycles. The molecule has 0 bridgehead atoms. The largest absolute Gasteiger partial charge is 0.480 e. The third kappa shape index (κ3) is 1.34. The van der Waals surface area contributed by atoms with Gasteiger partial charge in [-0.15, -0.1) is 0 Å². The Morgan fingerprint density at radius 3 is 2.82 bits per heavy atom. The van der Waals surface area contributed by atoms with Gasteiger partial charge in [0.15, 0.2) is 0 Å². The zero-order valence-electron chi connectivity index (χ0n) is 6.46. The van der Waals surface area contributed by atoms with Gasteiger partial charge in [-0.05, 0) is 12.5 Å². The summed E-state index contributed by atoms with van der Waals surface area (Å²) >= 11 is 0. The van der Waals surface area contributed by atoms with Crippen LogP contribution in [0, 0.1) is 12.3 Å². The van der Waals surface area contributed by atoms with Gasteiger partial charge in [0.1, 0.15) is 0 Å². The van der Waals surface area contributed by atoms with E-state index in [2.05, 4.69) is 0 Å². The first-order valence-corrected chi connectivity index (χ1v) is 3.16. The van der Waals surface area contributed by atoms with Crippen LogP contribution >= 0.6 is 0 Å². The summed E-state index contributed by atoms with van der Waals surface area (Å²) in [7, 11) is 1.44. The van der Waals surface area contributed by atoms with Gasteiger partial charge >= 0.3 is 0 Å². The van der Waals surface area contributed by atoms with E-state index in [4.69, 9.17) is 15.4 Å². The van der Waals surface area contributed by atoms with Crippen LogP contribution in [0.2, 0.25) is 0 Å². The van der Waals surface area contributed by atoms with Crippen LogP contribution in [0.4, 0.5) is 0 Å². The van der Waals surface area contributed by atoms with E-state index in [1.807, 2.05) is 0 Å². The fourth-order valence-corrected chi connectivity index (χ4v) is 0.772. The van der Waals surface area contributed by atoms with Gasteiger partial charge in [0.25, 0.3) is 0 Å². The van der Waals surface area contributed by atoms with Crippen molar-refractivity contribution in [1.29, 1.82) is 5.41 Å². The van der Waals surface area contributed by atoms with Gasteiger partial charge < -0.3 is 15.4 Å². The minimum atomic E-state index is 0.264. The highest BCUT2D eigenvalue weighted by Crippen LogP contribution is 2.04. The molecule has 2 N–H and O–H groups in total. The lowest BCUT2D eigenvalue weighted by atomic mass is 10.3. The number of pyridine rings is 1. The van der Waals surface area contributed by atoms with Gasteiger partial charge in [0, 0.05) is 6.07 Å². The molecule has 4 nitrogen and oxygen atoms in total. The summed E-state index contributed by atoms with van der Waals surface area (Å²) in [5, 5.41) is 16.8. The first kappa shape index (κ1) is 7.65. The zero-order valence-corrected chi connectivity index (χ0v) is 6.46. The number of aromatic nitrogens is 1. The second-order valence-electron chi connectivity index (χ2n) is 2.26. The van der Waals surface area contributed by atoms with Crippen molar-refractivity contribution >= 4 is 0 Å². The highest BCUT2D eigenvalue weighted by molar-refractivity contribution is 5.16. The minimum absolute atomic E-state index is 0.264. The van der Waals surface area contributed by atoms with Crippen molar-refractivity contribution in [3.05, 3.63) is 23.2 Å². The van der Waals surface area contributed by atoms with E-state index in [1.54, 1.807) is 6.92 Å². The Hall–Kier alpha value is -1.45. The molecule has 4 heteroatoms. The first-order chi connectivity index (χ1) is 5.15. The normalized spacial score (nSPS) is 9.64. The Bertz CT molecular complexity index is 317. The molecule has 0 unspecified atom stereocenters. The Kier molecular flexibility index (Phi) is 1.85. The molecule has 0 aliphatic heterocycles. The molecule has 0 saturated carbocycles. The maximum absolute atomic E-state index is 9.12. The van der Waals surface area contributed by atoms with E-state index in [9.17, 15) is 0 Å². The molecule has 0 fully saturated rings. The van der Waals surface area contributed by atoms with Crippen molar-refractivity contribution in [3.8, 4) is 5.88 Å². The Morgan fingerprint density at radius 2 is 2.27 bits per heavy atom. The number of methoxy groups -OCH3 is 1. The van der Waals surface area contributed by atoms with Gasteiger partial charge in [0.05, 0.1) is 18.7 Å². The van der Waals surface area contributed by atoms with E-state index >= 15 is 0 Å². The van der Waals surface area contributed by atoms with Crippen LogP contribution in [0.15, 0.2) is 12.3 Å². The lowest BCUT2D eigenvalue weighted by Gasteiger charge is -2.05. The first-order valence-electron chi connectivity index (χ1n) is 3.16. The molecule has 0 radical (unpaired) electrons. The summed E-state index contributed by atoms with van der Waals surface area (Å²) in [6.45, 7) is 1.74. The predicted molar refractivity (Wildman–Crippen MR) is 38.8 cm³/mol. The van der Waals surface area contributed by atoms with Crippen LogP contribution in [0.5, 0.6) is 5.88 Å². The molecule has 1 aromatic rings. The lowest BCUT2D eigenvalue weighted by Crippen LogP contribution is -2.10. The third-order valence-corrected chi connectivity index (χ3v) is 1.44. The number of ether oxygens (including phenoxy) is 1. The van der Waals surface area contributed by atoms with E-state index in [1.165, 1.54) is 19.4 Å². The quantitative estimate of drug-likeness (QED) is 0.579. The van der Waals surface area contributed by atoms with Gasteiger partial charge in [-0.2, -0.15) is 4.73 Å². The van der Waals surface area contributed by atoms with E-state index in [0.717, 1.165) is 4.73 Å². The van der Waals surface area contributed by atoms with Gasteiger partial charge in [-0.1, -0.05) is 0 Å². The summed E-state index contributed by atoms with van der Waals surface area (Å²) in [6.07, 6.45) is 1.43. The monoisotopic (exact) mass is 154 g/mol. The van der Waals surface area contributed by atoms with Crippen molar-refractivity contribution in [1.82, 2.24) is 4.73 Å². The van der Waals surface area contributed by atoms with Crippen LogP contribution < -0.4 is 10.1 Å². The Morgan fingerprint density at radius 1 is 1.64 bits per heavy atom. The number of nitrogens with zero attached hydrogens (tertiary/aromatic N) is 1. The van der Waals surface area contributed by atoms with Gasteiger partial charge in [-0.3, -0.25) is 0 Å². The molecule has 0 spiro atoms. The van der Waals surface area contributed by atoms with Crippen LogP contribution in [0.1, 0.15) is 5.56 Å². The molecule has 0 aliphatic carbocycles. The van der Waals surface area contributed by atoms with Gasteiger partial charge in [0.2, 0.25) is 5.88 Å². The van der Waals surface area contributed by atoms with Crippen molar-refractivity contribution in [2.75, 3.05) is 7.11 Å². The van der Waals surface area contributed by atoms with Crippen LogP contribution in [0.25, 0.3) is 0 Å². The topological polar surface area (TPSA) is 58.2 Å². The Balaban J connectivity index is 3.32. The average molecular weight is 154 g/mol. The number of nitrogens with one attached hydrogen (secondary N) is 1. The predicted octanol–water partition coefficient (Wildman–Crippen LogP) is 0.522. The Labute approximate surface area is 64.1 Å². The van der Waals surface area contributed by atoms with Gasteiger partial charge in [-0.25, -0.2) is 0 Å². The molecule has 0 atom stereocenters. The standard InChI is InChI=1S/C7H10N2O2/c1-5-4-9(10)7(11-2)3-6(5)8/h3-4,8,10H,1-2H3. The third-order valence-electron chi connectivity index (χ3n) is 1.44. The molecule has 11 heavy (non-hydrogen) atoms. The van der Waals surface area contributed by atoms with Crippen molar-refractivity contribution in [3.63, 3.8) is 0 Å². The molecular weight excluding hydrogens is 144 g/mol. The highest BCUT2D eigenvalue weighted by Gasteiger charge is 1.98. The summed E-state index contributed by atoms with van der Waals surface area (Å²) in [5.41, 5.74) is 0.702. The molecule has 0 aromatic carbocycles. The fourth-order valence-electron chi connectivity index (χ4n) is 0.772. The van der Waals surface area contributed by atoms with E-state index < -0.39 is 0 Å². The number of rotatable bonds is 1. The summed E-state index contributed by atoms with van der Waals surface area (Å²) in [5.74, 6) is 0.264. The van der Waals surface area contributed by atoms with Crippen LogP contribution in [-0.2, 0) is 0 Å². The molecule has 60 valence electrons. The average Bonchev–Trinajstić information content (AvgIpc) is 1.97. The van der Waals surface area contributed by atoms with Crippen LogP contribution in [0.3, 0.4) is 0 Å². The molecule has 0 saturated heterocycles. The molecule has 1 rings (SSSR count). The molecule has 1 aromatic heterocycles. The zero-order chi connectivity index (χ0) is 8.43. The molecule has 0 aliphatic rings. The highest BCUT2D eigenvalue weighted by atomic mass is 16.5. The molecular formula is C7H10N2O2. The SMILES string of the molecule is COc1cc(=N)c(C)cn1O.